The fourth-order valence-corrected chi connectivity index (χ4v) is 2.43. The fourth-order valence-electron chi connectivity index (χ4n) is 2.43. The first-order chi connectivity index (χ1) is 10.8. The molecule has 23 heavy (non-hydrogen) atoms. The van der Waals surface area contributed by atoms with Crippen molar-refractivity contribution in [1.29, 1.82) is 0 Å². The topological polar surface area (TPSA) is 63.7 Å². The van der Waals surface area contributed by atoms with Crippen molar-refractivity contribution in [2.24, 2.45) is 0 Å². The molecule has 0 aromatic carbocycles. The van der Waals surface area contributed by atoms with Gasteiger partial charge in [0.15, 0.2) is 0 Å². The van der Waals surface area contributed by atoms with E-state index in [-0.39, 0.29) is 24.2 Å². The van der Waals surface area contributed by atoms with E-state index in [4.69, 9.17) is 9.47 Å². The number of ether oxygens (including phenoxy) is 2. The van der Waals surface area contributed by atoms with Crippen LogP contribution in [0.3, 0.4) is 0 Å². The van der Waals surface area contributed by atoms with Crippen LogP contribution in [0.1, 0.15) is 36.5 Å². The van der Waals surface area contributed by atoms with Gasteiger partial charge in [-0.3, -0.25) is 15.2 Å². The predicted molar refractivity (Wildman–Crippen MR) is 73.8 cm³/mol. The largest absolute Gasteiger partial charge is 0.418 e. The number of carbonyl (C=O) groups is 1. The Labute approximate surface area is 131 Å². The van der Waals surface area contributed by atoms with Gasteiger partial charge in [-0.15, -0.1) is 0 Å². The Hall–Kier alpha value is -1.71. The normalized spacial score (nSPS) is 19.4. The Morgan fingerprint density at radius 1 is 1.43 bits per heavy atom. The summed E-state index contributed by atoms with van der Waals surface area (Å²) in [6, 6.07) is 0.909. The molecule has 1 amide bonds. The van der Waals surface area contributed by atoms with E-state index in [1.54, 1.807) is 5.01 Å². The minimum atomic E-state index is -4.59. The van der Waals surface area contributed by atoms with Gasteiger partial charge in [0.25, 0.3) is 0 Å². The van der Waals surface area contributed by atoms with Crippen molar-refractivity contribution < 1.29 is 27.4 Å². The smallest absolute Gasteiger partial charge is 0.350 e. The van der Waals surface area contributed by atoms with Crippen molar-refractivity contribution in [2.45, 2.75) is 38.4 Å². The number of rotatable bonds is 5. The molecule has 6 nitrogen and oxygen atoms in total. The Morgan fingerprint density at radius 3 is 2.57 bits per heavy atom. The highest BCUT2D eigenvalue weighted by Crippen LogP contribution is 2.35. The summed E-state index contributed by atoms with van der Waals surface area (Å²) in [7, 11) is 2.48. The highest BCUT2D eigenvalue weighted by atomic mass is 19.4. The third-order valence-corrected chi connectivity index (χ3v) is 3.57. The lowest BCUT2D eigenvalue weighted by atomic mass is 10.1. The molecule has 0 spiro atoms. The zero-order valence-electron chi connectivity index (χ0n) is 13.0. The minimum absolute atomic E-state index is 0.0952. The van der Waals surface area contributed by atoms with Crippen molar-refractivity contribution in [1.82, 2.24) is 15.4 Å². The monoisotopic (exact) mass is 333 g/mol. The highest BCUT2D eigenvalue weighted by Gasteiger charge is 2.37. The summed E-state index contributed by atoms with van der Waals surface area (Å²) >= 11 is 0. The van der Waals surface area contributed by atoms with Crippen molar-refractivity contribution in [3.8, 4) is 0 Å². The van der Waals surface area contributed by atoms with Crippen molar-refractivity contribution in [3.05, 3.63) is 29.1 Å². The fraction of sp³-hybridized carbons (Fsp3) is 0.571. The number of aromatic nitrogens is 1. The van der Waals surface area contributed by atoms with Crippen LogP contribution in [0.2, 0.25) is 0 Å². The summed E-state index contributed by atoms with van der Waals surface area (Å²) in [6.07, 6.45) is -4.15. The molecule has 1 N–H and O–H groups in total. The first-order valence-corrected chi connectivity index (χ1v) is 6.94. The van der Waals surface area contributed by atoms with Gasteiger partial charge in [-0.25, -0.2) is 5.01 Å². The number of alkyl halides is 3. The number of hydrogen-bond acceptors (Lipinski definition) is 5. The van der Waals surface area contributed by atoms with Crippen molar-refractivity contribution in [2.75, 3.05) is 14.2 Å². The number of halogens is 3. The molecule has 0 saturated carbocycles. The molecule has 1 aliphatic heterocycles. The molecule has 1 unspecified atom stereocenters. The molecule has 0 aliphatic carbocycles. The summed E-state index contributed by atoms with van der Waals surface area (Å²) < 4.78 is 49.6. The van der Waals surface area contributed by atoms with E-state index in [2.05, 4.69) is 10.4 Å². The number of carbonyl (C=O) groups excluding carboxylic acids is 1. The van der Waals surface area contributed by atoms with Crippen LogP contribution in [0.25, 0.3) is 0 Å². The number of pyridine rings is 1. The van der Waals surface area contributed by atoms with E-state index >= 15 is 0 Å². The molecule has 128 valence electrons. The molecule has 2 rings (SSSR count). The van der Waals surface area contributed by atoms with Crippen LogP contribution in [-0.2, 0) is 27.0 Å². The maximum Gasteiger partial charge on any atom is 0.418 e. The van der Waals surface area contributed by atoms with E-state index in [1.807, 2.05) is 6.92 Å². The lowest BCUT2D eigenvalue weighted by Crippen LogP contribution is -2.36. The van der Waals surface area contributed by atoms with E-state index in [9.17, 15) is 18.0 Å². The molecule has 9 heteroatoms. The van der Waals surface area contributed by atoms with Crippen molar-refractivity contribution >= 4 is 5.91 Å². The molecule has 0 radical (unpaired) electrons. The third kappa shape index (κ3) is 3.98. The van der Waals surface area contributed by atoms with Gasteiger partial charge in [0, 0.05) is 39.4 Å². The number of nitrogens with one attached hydrogen (secondary N) is 1. The second-order valence-corrected chi connectivity index (χ2v) is 5.29. The van der Waals surface area contributed by atoms with Gasteiger partial charge in [0.05, 0.1) is 5.56 Å². The average molecular weight is 333 g/mol. The molecule has 1 aromatic heterocycles. The van der Waals surface area contributed by atoms with Gasteiger partial charge in [-0.1, -0.05) is 0 Å². The number of methoxy groups -OCH3 is 2. The zero-order valence-corrected chi connectivity index (χ0v) is 13.0. The van der Waals surface area contributed by atoms with E-state index in [0.717, 1.165) is 6.07 Å². The molecule has 0 bridgehead atoms. The molecule has 1 saturated heterocycles. The van der Waals surface area contributed by atoms with Crippen LogP contribution in [0, 0.1) is 0 Å². The summed E-state index contributed by atoms with van der Waals surface area (Å²) in [4.78, 5) is 15.2. The lowest BCUT2D eigenvalue weighted by Gasteiger charge is -2.22. The summed E-state index contributed by atoms with van der Waals surface area (Å²) in [6.45, 7) is 1.95. The molecular weight excluding hydrogens is 315 g/mol. The van der Waals surface area contributed by atoms with Gasteiger partial charge >= 0.3 is 6.18 Å². The number of hydrazine groups is 1. The SMILES string of the molecule is COC(OC)c1ncc(CN2NC(=O)CC2C)cc1C(F)(F)F. The maximum atomic E-state index is 13.3. The van der Waals surface area contributed by atoms with Crippen LogP contribution in [0.15, 0.2) is 12.3 Å². The quantitative estimate of drug-likeness (QED) is 0.835. The Morgan fingerprint density at radius 2 is 2.09 bits per heavy atom. The molecule has 1 aliphatic rings. The zero-order chi connectivity index (χ0) is 17.2. The van der Waals surface area contributed by atoms with E-state index in [1.165, 1.54) is 20.4 Å². The first kappa shape index (κ1) is 17.6. The van der Waals surface area contributed by atoms with E-state index in [0.29, 0.717) is 12.0 Å². The number of hydrogen-bond donors (Lipinski definition) is 1. The highest BCUT2D eigenvalue weighted by molar-refractivity contribution is 5.77. The molecule has 1 fully saturated rings. The molecule has 2 heterocycles. The van der Waals surface area contributed by atoms with Gasteiger partial charge in [-0.05, 0) is 18.6 Å². The van der Waals surface area contributed by atoms with Gasteiger partial charge in [0.2, 0.25) is 12.2 Å². The molecule has 1 aromatic rings. The number of amides is 1. The number of nitrogens with zero attached hydrogens (tertiary/aromatic N) is 2. The minimum Gasteiger partial charge on any atom is -0.350 e. The first-order valence-electron chi connectivity index (χ1n) is 6.94. The van der Waals surface area contributed by atoms with Crippen LogP contribution in [-0.4, -0.2) is 36.2 Å². The summed E-state index contributed by atoms with van der Waals surface area (Å²) in [5.41, 5.74) is 1.70. The third-order valence-electron chi connectivity index (χ3n) is 3.57. The van der Waals surface area contributed by atoms with Gasteiger partial charge in [-0.2, -0.15) is 13.2 Å². The van der Waals surface area contributed by atoms with Crippen LogP contribution in [0.5, 0.6) is 0 Å². The second-order valence-electron chi connectivity index (χ2n) is 5.29. The van der Waals surface area contributed by atoms with Crippen LogP contribution >= 0.6 is 0 Å². The Balaban J connectivity index is 2.31. The van der Waals surface area contributed by atoms with Crippen molar-refractivity contribution in [3.63, 3.8) is 0 Å². The predicted octanol–water partition coefficient (Wildman–Crippen LogP) is 2.02. The summed E-state index contributed by atoms with van der Waals surface area (Å²) in [5.74, 6) is -0.156. The molecule has 1 atom stereocenters. The Kier molecular flexibility index (Phi) is 5.23. The molecular formula is C14H18F3N3O3. The van der Waals surface area contributed by atoms with Gasteiger partial charge < -0.3 is 9.47 Å². The van der Waals surface area contributed by atoms with Crippen LogP contribution < -0.4 is 5.43 Å². The van der Waals surface area contributed by atoms with Crippen LogP contribution in [0.4, 0.5) is 13.2 Å². The Bertz CT molecular complexity index is 576. The second kappa shape index (κ2) is 6.81. The lowest BCUT2D eigenvalue weighted by molar-refractivity contribution is -0.149. The van der Waals surface area contributed by atoms with Gasteiger partial charge in [0.1, 0.15) is 5.69 Å². The average Bonchev–Trinajstić information content (AvgIpc) is 2.78. The standard InChI is InChI=1S/C14H18F3N3O3/c1-8-4-11(21)19-20(8)7-9-5-10(14(15,16)17)12(18-6-9)13(22-2)23-3/h5-6,8,13H,4,7H2,1-3H3,(H,19,21). The van der Waals surface area contributed by atoms with E-state index < -0.39 is 18.0 Å². The summed E-state index contributed by atoms with van der Waals surface area (Å²) in [5, 5.41) is 1.59. The maximum absolute atomic E-state index is 13.3.